The van der Waals surface area contributed by atoms with Gasteiger partial charge in [0, 0.05) is 30.0 Å². The van der Waals surface area contributed by atoms with E-state index in [1.165, 1.54) is 34.9 Å². The van der Waals surface area contributed by atoms with Crippen LogP contribution in [0.4, 0.5) is 19.3 Å². The largest absolute Gasteiger partial charge is 0.334 e. The quantitative estimate of drug-likeness (QED) is 0.612. The van der Waals surface area contributed by atoms with E-state index in [9.17, 15) is 18.4 Å². The van der Waals surface area contributed by atoms with Crippen LogP contribution in [0.3, 0.4) is 0 Å². The van der Waals surface area contributed by atoms with Crippen molar-refractivity contribution < 1.29 is 18.4 Å². The summed E-state index contributed by atoms with van der Waals surface area (Å²) in [5, 5.41) is 2.91. The number of nitrogens with one attached hydrogen (secondary N) is 1. The maximum absolute atomic E-state index is 14.4. The second-order valence-electron chi connectivity index (χ2n) is 7.90. The summed E-state index contributed by atoms with van der Waals surface area (Å²) >= 11 is 1.37. The molecule has 3 aromatic carbocycles. The van der Waals surface area contributed by atoms with E-state index in [0.717, 1.165) is 5.56 Å². The summed E-state index contributed by atoms with van der Waals surface area (Å²) in [7, 11) is 0. The summed E-state index contributed by atoms with van der Waals surface area (Å²) < 4.78 is 28.8. The molecule has 8 heteroatoms. The lowest BCUT2D eigenvalue weighted by Gasteiger charge is -2.33. The Bertz CT molecular complexity index is 1200. The molecule has 3 aromatic rings. The highest BCUT2D eigenvalue weighted by molar-refractivity contribution is 8.01. The van der Waals surface area contributed by atoms with E-state index >= 15 is 0 Å². The third kappa shape index (κ3) is 3.54. The zero-order valence-corrected chi connectivity index (χ0v) is 18.4. The van der Waals surface area contributed by atoms with Crippen LogP contribution in [0, 0.1) is 11.6 Å². The van der Waals surface area contributed by atoms with E-state index in [0.29, 0.717) is 30.1 Å². The first kappa shape index (κ1) is 21.5. The van der Waals surface area contributed by atoms with E-state index in [1.54, 1.807) is 29.2 Å². The molecule has 0 radical (unpaired) electrons. The van der Waals surface area contributed by atoms with Gasteiger partial charge in [-0.25, -0.2) is 13.6 Å². The van der Waals surface area contributed by atoms with Crippen LogP contribution >= 0.6 is 11.8 Å². The molecule has 1 fully saturated rings. The molecule has 1 saturated heterocycles. The Morgan fingerprint density at radius 3 is 2.42 bits per heavy atom. The van der Waals surface area contributed by atoms with Crippen molar-refractivity contribution in [2.45, 2.75) is 18.0 Å². The van der Waals surface area contributed by atoms with Crippen LogP contribution in [-0.2, 0) is 22.8 Å². The minimum Gasteiger partial charge on any atom is -0.334 e. The maximum Gasteiger partial charge on any atom is 0.319 e. The number of carbonyl (C=O) groups excluding carboxylic acids is 2. The van der Waals surface area contributed by atoms with Crippen molar-refractivity contribution in [1.82, 2.24) is 10.2 Å². The van der Waals surface area contributed by atoms with Gasteiger partial charge in [-0.05, 0) is 23.8 Å². The number of hydrogen-bond donors (Lipinski definition) is 1. The third-order valence-electron chi connectivity index (χ3n) is 6.01. The van der Waals surface area contributed by atoms with Gasteiger partial charge in [-0.15, -0.1) is 11.8 Å². The standard InChI is InChI=1S/C25H21F2N3O2S/c26-20-10-6-11-21(27)18(20)16-29-22-12-5-4-9-19(22)25(23(29)31)30(13-14-33-25)24(32)28-15-17-7-2-1-3-8-17/h1-12H,13-16H2,(H,28,32). The normalized spacial score (nSPS) is 19.3. The predicted octanol–water partition coefficient (Wildman–Crippen LogP) is 4.62. The summed E-state index contributed by atoms with van der Waals surface area (Å²) in [4.78, 5) is 28.7. The SMILES string of the molecule is O=C(NCc1ccccc1)N1CCSC12C(=O)N(Cc1c(F)cccc1F)c1ccccc12. The van der Waals surface area contributed by atoms with Gasteiger partial charge in [-0.1, -0.05) is 54.6 Å². The van der Waals surface area contributed by atoms with Crippen LogP contribution in [0.5, 0.6) is 0 Å². The topological polar surface area (TPSA) is 52.7 Å². The van der Waals surface area contributed by atoms with Gasteiger partial charge in [-0.2, -0.15) is 0 Å². The van der Waals surface area contributed by atoms with Gasteiger partial charge in [-0.3, -0.25) is 9.69 Å². The van der Waals surface area contributed by atoms with Crippen molar-refractivity contribution in [2.75, 3.05) is 17.2 Å². The van der Waals surface area contributed by atoms with Crippen LogP contribution in [0.15, 0.2) is 72.8 Å². The van der Waals surface area contributed by atoms with Gasteiger partial charge in [0.1, 0.15) is 11.6 Å². The number of carbonyl (C=O) groups is 2. The molecule has 168 valence electrons. The minimum absolute atomic E-state index is 0.180. The fraction of sp³-hybridized carbons (Fsp3) is 0.200. The lowest BCUT2D eigenvalue weighted by Crippen LogP contribution is -2.53. The number of amides is 3. The zero-order chi connectivity index (χ0) is 23.0. The number of halogens is 2. The number of rotatable bonds is 4. The first-order valence-electron chi connectivity index (χ1n) is 10.6. The fourth-order valence-electron chi connectivity index (χ4n) is 4.44. The third-order valence-corrected chi connectivity index (χ3v) is 7.43. The van der Waals surface area contributed by atoms with Crippen molar-refractivity contribution in [2.24, 2.45) is 0 Å². The molecule has 3 amide bonds. The molecule has 1 atom stereocenters. The molecule has 0 aromatic heterocycles. The Hall–Kier alpha value is -3.39. The smallest absolute Gasteiger partial charge is 0.319 e. The van der Waals surface area contributed by atoms with Crippen molar-refractivity contribution in [1.29, 1.82) is 0 Å². The highest BCUT2D eigenvalue weighted by Gasteiger charge is 2.59. The Kier molecular flexibility index (Phi) is 5.54. The molecule has 2 aliphatic heterocycles. The fourth-order valence-corrected chi connectivity index (χ4v) is 5.90. The number of fused-ring (bicyclic) bond motifs is 2. The molecule has 2 heterocycles. The van der Waals surface area contributed by atoms with Crippen LogP contribution in [0.25, 0.3) is 0 Å². The zero-order valence-electron chi connectivity index (χ0n) is 17.6. The first-order valence-corrected chi connectivity index (χ1v) is 11.6. The predicted molar refractivity (Wildman–Crippen MR) is 124 cm³/mol. The van der Waals surface area contributed by atoms with Gasteiger partial charge in [0.2, 0.25) is 0 Å². The van der Waals surface area contributed by atoms with Crippen LogP contribution < -0.4 is 10.2 Å². The van der Waals surface area contributed by atoms with E-state index in [1.807, 2.05) is 30.3 Å². The first-order chi connectivity index (χ1) is 16.0. The van der Waals surface area contributed by atoms with Gasteiger partial charge in [0.05, 0.1) is 12.2 Å². The van der Waals surface area contributed by atoms with Gasteiger partial charge < -0.3 is 10.2 Å². The van der Waals surface area contributed by atoms with E-state index < -0.39 is 16.5 Å². The Morgan fingerprint density at radius 2 is 1.67 bits per heavy atom. The molecule has 1 unspecified atom stereocenters. The number of para-hydroxylation sites is 1. The summed E-state index contributed by atoms with van der Waals surface area (Å²) in [5.41, 5.74) is 1.98. The molecule has 1 spiro atoms. The molecule has 0 saturated carbocycles. The van der Waals surface area contributed by atoms with Crippen molar-refractivity contribution in [3.05, 3.63) is 101 Å². The Morgan fingerprint density at radius 1 is 0.970 bits per heavy atom. The number of urea groups is 1. The van der Waals surface area contributed by atoms with E-state index in [4.69, 9.17) is 0 Å². The number of benzene rings is 3. The average Bonchev–Trinajstić information content (AvgIpc) is 3.37. The minimum atomic E-state index is -1.26. The number of anilines is 1. The molecule has 1 N–H and O–H groups in total. The molecule has 5 rings (SSSR count). The number of nitrogens with zero attached hydrogens (tertiary/aromatic N) is 2. The second-order valence-corrected chi connectivity index (χ2v) is 9.18. The summed E-state index contributed by atoms with van der Waals surface area (Å²) in [6, 6.07) is 19.9. The number of hydrogen-bond acceptors (Lipinski definition) is 3. The highest BCUT2D eigenvalue weighted by atomic mass is 32.2. The lowest BCUT2D eigenvalue weighted by atomic mass is 10.1. The highest BCUT2D eigenvalue weighted by Crippen LogP contribution is 2.54. The molecule has 33 heavy (non-hydrogen) atoms. The second kappa shape index (κ2) is 8.51. The average molecular weight is 466 g/mol. The van der Waals surface area contributed by atoms with Gasteiger partial charge in [0.25, 0.3) is 5.91 Å². The maximum atomic E-state index is 14.4. The van der Waals surface area contributed by atoms with E-state index in [-0.39, 0.29) is 24.0 Å². The van der Waals surface area contributed by atoms with Crippen molar-refractivity contribution >= 4 is 29.4 Å². The molecule has 0 bridgehead atoms. The summed E-state index contributed by atoms with van der Waals surface area (Å²) in [5.74, 6) is -1.22. The van der Waals surface area contributed by atoms with Crippen molar-refractivity contribution in [3.63, 3.8) is 0 Å². The summed E-state index contributed by atoms with van der Waals surface area (Å²) in [6.07, 6.45) is 0. The van der Waals surface area contributed by atoms with Crippen LogP contribution in [0.2, 0.25) is 0 Å². The van der Waals surface area contributed by atoms with Crippen LogP contribution in [-0.4, -0.2) is 29.1 Å². The molecular weight excluding hydrogens is 444 g/mol. The summed E-state index contributed by atoms with van der Waals surface area (Å²) in [6.45, 7) is 0.459. The monoisotopic (exact) mass is 465 g/mol. The van der Waals surface area contributed by atoms with Crippen LogP contribution in [0.1, 0.15) is 16.7 Å². The van der Waals surface area contributed by atoms with Gasteiger partial charge >= 0.3 is 6.03 Å². The van der Waals surface area contributed by atoms with Gasteiger partial charge in [0.15, 0.2) is 4.87 Å². The molecule has 5 nitrogen and oxygen atoms in total. The Balaban J connectivity index is 1.48. The van der Waals surface area contributed by atoms with E-state index in [2.05, 4.69) is 5.32 Å². The molecule has 2 aliphatic rings. The molecular formula is C25H21F2N3O2S. The lowest BCUT2D eigenvalue weighted by molar-refractivity contribution is -0.123. The van der Waals surface area contributed by atoms with Crippen molar-refractivity contribution in [3.8, 4) is 0 Å². The Labute approximate surface area is 194 Å². The molecule has 0 aliphatic carbocycles. The number of thioether (sulfide) groups is 1.